The molecule has 3 N–H and O–H groups in total. The Kier molecular flexibility index (Phi) is 9.32. The molecule has 3 amide bonds. The molecule has 190 valence electrons. The van der Waals surface area contributed by atoms with Gasteiger partial charge in [-0.05, 0) is 67.0 Å². The number of nitrogens with zero attached hydrogens (tertiary/aromatic N) is 1. The van der Waals surface area contributed by atoms with Gasteiger partial charge in [0.05, 0.1) is 6.17 Å². The molecule has 1 heterocycles. The highest BCUT2D eigenvalue weighted by molar-refractivity contribution is 5.86. The number of carbonyl (C=O) groups excluding carboxylic acids is 3. The number of alkyl carbamates (subject to hydrolysis) is 2. The average Bonchev–Trinajstić information content (AvgIpc) is 3.01. The van der Waals surface area contributed by atoms with Crippen molar-refractivity contribution in [2.75, 3.05) is 13.6 Å². The third kappa shape index (κ3) is 9.99. The molecule has 0 aliphatic carbocycles. The van der Waals surface area contributed by atoms with E-state index in [1.54, 1.807) is 41.5 Å². The van der Waals surface area contributed by atoms with Crippen LogP contribution in [-0.4, -0.2) is 66.0 Å². The molecule has 0 aromatic heterocycles. The molecule has 1 aromatic rings. The molecular weight excluding hydrogens is 436 g/mol. The summed E-state index contributed by atoms with van der Waals surface area (Å²) < 4.78 is 10.7. The number of aryl methyl sites for hydroxylation is 1. The first-order valence-corrected chi connectivity index (χ1v) is 11.8. The van der Waals surface area contributed by atoms with Gasteiger partial charge in [0.2, 0.25) is 5.91 Å². The van der Waals surface area contributed by atoms with Gasteiger partial charge in [-0.2, -0.15) is 0 Å². The van der Waals surface area contributed by atoms with Crippen LogP contribution in [0.4, 0.5) is 9.59 Å². The van der Waals surface area contributed by atoms with E-state index in [9.17, 15) is 14.4 Å². The fourth-order valence-corrected chi connectivity index (χ4v) is 3.69. The highest BCUT2D eigenvalue weighted by atomic mass is 16.6. The summed E-state index contributed by atoms with van der Waals surface area (Å²) in [6.07, 6.45) is 0.192. The predicted octanol–water partition coefficient (Wildman–Crippen LogP) is 3.18. The number of rotatable bonds is 7. The van der Waals surface area contributed by atoms with Crippen LogP contribution in [0.3, 0.4) is 0 Å². The Morgan fingerprint density at radius 2 is 1.56 bits per heavy atom. The first-order chi connectivity index (χ1) is 15.7. The van der Waals surface area contributed by atoms with Crippen LogP contribution >= 0.6 is 0 Å². The fraction of sp³-hybridized carbons (Fsp3) is 0.640. The second-order valence-corrected chi connectivity index (χ2v) is 10.8. The topological polar surface area (TPSA) is 109 Å². The predicted molar refractivity (Wildman–Crippen MR) is 130 cm³/mol. The van der Waals surface area contributed by atoms with Crippen molar-refractivity contribution in [2.24, 2.45) is 0 Å². The number of hydrogen-bond donors (Lipinski definition) is 3. The number of carbonyl (C=O) groups is 3. The second-order valence-electron chi connectivity index (χ2n) is 10.8. The minimum atomic E-state index is -0.752. The van der Waals surface area contributed by atoms with E-state index in [2.05, 4.69) is 16.0 Å². The van der Waals surface area contributed by atoms with Gasteiger partial charge >= 0.3 is 12.2 Å². The number of amides is 3. The standard InChI is InChI=1S/C25H40N4O5/c1-24(2,3)33-22(31)27-19(14-13-17-11-9-8-10-12-17)21(30)26-18-15-20(29(7)16-18)28-23(32)34-25(4,5)6/h8-12,18-20H,13-16H2,1-7H3,(H,26,30)(H,27,31)(H,28,32)/t18-,19-,20-/m0/s1. The van der Waals surface area contributed by atoms with Gasteiger partial charge in [0.25, 0.3) is 0 Å². The summed E-state index contributed by atoms with van der Waals surface area (Å²) in [5.74, 6) is -0.280. The van der Waals surface area contributed by atoms with E-state index in [1.165, 1.54) is 0 Å². The number of likely N-dealkylation sites (tertiary alicyclic amines) is 1. The minimum Gasteiger partial charge on any atom is -0.444 e. The Labute approximate surface area is 202 Å². The lowest BCUT2D eigenvalue weighted by Gasteiger charge is -2.24. The molecule has 0 radical (unpaired) electrons. The van der Waals surface area contributed by atoms with Crippen molar-refractivity contribution in [3.05, 3.63) is 35.9 Å². The Morgan fingerprint density at radius 1 is 0.971 bits per heavy atom. The summed E-state index contributed by atoms with van der Waals surface area (Å²) in [4.78, 5) is 39.6. The molecule has 34 heavy (non-hydrogen) atoms. The highest BCUT2D eigenvalue weighted by Crippen LogP contribution is 2.16. The van der Waals surface area contributed by atoms with Gasteiger partial charge in [0, 0.05) is 19.0 Å². The zero-order chi connectivity index (χ0) is 25.5. The molecule has 0 spiro atoms. The monoisotopic (exact) mass is 476 g/mol. The maximum atomic E-state index is 13.1. The van der Waals surface area contributed by atoms with Gasteiger partial charge in [-0.25, -0.2) is 9.59 Å². The van der Waals surface area contributed by atoms with Crippen LogP contribution < -0.4 is 16.0 Å². The summed E-state index contributed by atoms with van der Waals surface area (Å²) in [5, 5.41) is 8.59. The largest absolute Gasteiger partial charge is 0.444 e. The van der Waals surface area contributed by atoms with E-state index in [0.29, 0.717) is 25.8 Å². The van der Waals surface area contributed by atoms with Crippen molar-refractivity contribution in [3.8, 4) is 0 Å². The molecule has 1 aliphatic rings. The first kappa shape index (κ1) is 27.4. The van der Waals surface area contributed by atoms with Crippen LogP contribution in [0, 0.1) is 0 Å². The normalized spacial score (nSPS) is 19.7. The molecule has 1 aliphatic heterocycles. The number of likely N-dealkylation sites (N-methyl/N-ethyl adjacent to an activating group) is 1. The van der Waals surface area contributed by atoms with Gasteiger partial charge in [0.1, 0.15) is 17.2 Å². The van der Waals surface area contributed by atoms with E-state index in [1.807, 2.05) is 42.3 Å². The van der Waals surface area contributed by atoms with Crippen molar-refractivity contribution >= 4 is 18.1 Å². The zero-order valence-electron chi connectivity index (χ0n) is 21.4. The number of hydrogen-bond acceptors (Lipinski definition) is 6. The van der Waals surface area contributed by atoms with Crippen LogP contribution in [0.1, 0.15) is 59.9 Å². The lowest BCUT2D eigenvalue weighted by atomic mass is 10.0. The summed E-state index contributed by atoms with van der Waals surface area (Å²) in [6, 6.07) is 8.86. The molecule has 9 heteroatoms. The third-order valence-corrected chi connectivity index (χ3v) is 5.15. The molecule has 3 atom stereocenters. The van der Waals surface area contributed by atoms with Gasteiger partial charge in [0.15, 0.2) is 0 Å². The Morgan fingerprint density at radius 3 is 2.15 bits per heavy atom. The summed E-state index contributed by atoms with van der Waals surface area (Å²) in [6.45, 7) is 11.3. The van der Waals surface area contributed by atoms with Crippen molar-refractivity contribution < 1.29 is 23.9 Å². The summed E-state index contributed by atoms with van der Waals surface area (Å²) in [7, 11) is 1.88. The van der Waals surface area contributed by atoms with E-state index in [-0.39, 0.29) is 18.1 Å². The van der Waals surface area contributed by atoms with Crippen LogP contribution in [0.2, 0.25) is 0 Å². The SMILES string of the molecule is CN1C[C@@H](NC(=O)[C@H](CCc2ccccc2)NC(=O)OC(C)(C)C)C[C@H]1NC(=O)OC(C)(C)C. The molecule has 1 fully saturated rings. The van der Waals surface area contributed by atoms with Gasteiger partial charge in [-0.1, -0.05) is 30.3 Å². The number of nitrogens with one attached hydrogen (secondary N) is 3. The van der Waals surface area contributed by atoms with E-state index < -0.39 is 29.4 Å². The molecule has 0 saturated carbocycles. The maximum absolute atomic E-state index is 13.1. The lowest BCUT2D eigenvalue weighted by molar-refractivity contribution is -0.124. The van der Waals surface area contributed by atoms with Gasteiger partial charge in [-0.3, -0.25) is 9.69 Å². The molecule has 1 saturated heterocycles. The second kappa shape index (κ2) is 11.6. The fourth-order valence-electron chi connectivity index (χ4n) is 3.69. The molecule has 1 aromatic carbocycles. The van der Waals surface area contributed by atoms with Gasteiger partial charge in [-0.15, -0.1) is 0 Å². The molecular formula is C25H40N4O5. The first-order valence-electron chi connectivity index (χ1n) is 11.8. The number of ether oxygens (including phenoxy) is 2. The molecule has 0 bridgehead atoms. The van der Waals surface area contributed by atoms with E-state index in [4.69, 9.17) is 9.47 Å². The molecule has 2 rings (SSSR count). The Balaban J connectivity index is 1.98. The Bertz CT molecular complexity index is 832. The van der Waals surface area contributed by atoms with Crippen molar-refractivity contribution in [1.29, 1.82) is 0 Å². The molecule has 0 unspecified atom stereocenters. The van der Waals surface area contributed by atoms with E-state index in [0.717, 1.165) is 5.56 Å². The van der Waals surface area contributed by atoms with Crippen LogP contribution in [-0.2, 0) is 20.7 Å². The highest BCUT2D eigenvalue weighted by Gasteiger charge is 2.34. The zero-order valence-corrected chi connectivity index (χ0v) is 21.4. The maximum Gasteiger partial charge on any atom is 0.408 e. The number of benzene rings is 1. The summed E-state index contributed by atoms with van der Waals surface area (Å²) >= 11 is 0. The lowest BCUT2D eigenvalue weighted by Crippen LogP contribution is -2.51. The van der Waals surface area contributed by atoms with Crippen molar-refractivity contribution in [3.63, 3.8) is 0 Å². The summed E-state index contributed by atoms with van der Waals surface area (Å²) in [5.41, 5.74) is -0.179. The van der Waals surface area contributed by atoms with Crippen LogP contribution in [0.15, 0.2) is 30.3 Å². The van der Waals surface area contributed by atoms with Crippen LogP contribution in [0.5, 0.6) is 0 Å². The van der Waals surface area contributed by atoms with Crippen molar-refractivity contribution in [2.45, 2.75) is 90.3 Å². The van der Waals surface area contributed by atoms with Gasteiger partial charge < -0.3 is 25.4 Å². The smallest absolute Gasteiger partial charge is 0.408 e. The van der Waals surface area contributed by atoms with E-state index >= 15 is 0 Å². The molecule has 9 nitrogen and oxygen atoms in total. The minimum absolute atomic E-state index is 0.183. The van der Waals surface area contributed by atoms with Crippen molar-refractivity contribution in [1.82, 2.24) is 20.9 Å². The third-order valence-electron chi connectivity index (χ3n) is 5.15. The van der Waals surface area contributed by atoms with Crippen LogP contribution in [0.25, 0.3) is 0 Å². The quantitative estimate of drug-likeness (QED) is 0.558. The Hall–Kier alpha value is -2.81. The average molecular weight is 477 g/mol.